The van der Waals surface area contributed by atoms with Crippen LogP contribution >= 0.6 is 0 Å². The minimum atomic E-state index is 0.235. The molecule has 0 atom stereocenters. The summed E-state index contributed by atoms with van der Waals surface area (Å²) in [6, 6.07) is 4.31. The summed E-state index contributed by atoms with van der Waals surface area (Å²) in [6.45, 7) is 12.3. The number of piperidine rings is 1. The summed E-state index contributed by atoms with van der Waals surface area (Å²) < 4.78 is 0. The van der Waals surface area contributed by atoms with E-state index in [4.69, 9.17) is 0 Å². The Balaban J connectivity index is 1.82. The fourth-order valence-corrected chi connectivity index (χ4v) is 2.57. The lowest BCUT2D eigenvalue weighted by atomic mass is 9.95. The molecule has 0 spiro atoms. The molecule has 0 unspecified atom stereocenters. The van der Waals surface area contributed by atoms with Crippen LogP contribution in [0.15, 0.2) is 18.3 Å². The lowest BCUT2D eigenvalue weighted by Gasteiger charge is -2.35. The second-order valence-electron chi connectivity index (χ2n) is 6.72. The van der Waals surface area contributed by atoms with Gasteiger partial charge in [0.2, 0.25) is 0 Å². The lowest BCUT2D eigenvalue weighted by molar-refractivity contribution is 0.329. The van der Waals surface area contributed by atoms with Crippen LogP contribution < -0.4 is 10.2 Å². The Morgan fingerprint density at radius 3 is 2.58 bits per heavy atom. The molecule has 3 nitrogen and oxygen atoms in total. The molecule has 1 aromatic heterocycles. The van der Waals surface area contributed by atoms with E-state index in [0.29, 0.717) is 0 Å². The van der Waals surface area contributed by atoms with Crippen LogP contribution in [-0.4, -0.2) is 30.2 Å². The number of anilines is 1. The van der Waals surface area contributed by atoms with Gasteiger partial charge in [-0.15, -0.1) is 0 Å². The molecule has 0 bridgehead atoms. The number of nitrogens with zero attached hydrogens (tertiary/aromatic N) is 2. The fraction of sp³-hybridized carbons (Fsp3) is 0.688. The average molecular weight is 261 g/mol. The number of hydrogen-bond donors (Lipinski definition) is 1. The molecule has 1 aliphatic rings. The molecule has 2 rings (SSSR count). The zero-order valence-corrected chi connectivity index (χ0v) is 12.7. The highest BCUT2D eigenvalue weighted by Gasteiger charge is 2.21. The van der Waals surface area contributed by atoms with Crippen molar-refractivity contribution in [1.29, 1.82) is 0 Å². The number of aryl methyl sites for hydroxylation is 1. The maximum Gasteiger partial charge on any atom is 0.0399 e. The van der Waals surface area contributed by atoms with E-state index in [-0.39, 0.29) is 5.54 Å². The third-order valence-corrected chi connectivity index (χ3v) is 3.78. The molecule has 0 amide bonds. The molecule has 1 aromatic rings. The molecule has 0 radical (unpaired) electrons. The number of aromatic nitrogens is 1. The Morgan fingerprint density at radius 1 is 1.32 bits per heavy atom. The molecular formula is C16H27N3. The van der Waals surface area contributed by atoms with Gasteiger partial charge in [0.15, 0.2) is 0 Å². The minimum Gasteiger partial charge on any atom is -0.371 e. The van der Waals surface area contributed by atoms with Crippen LogP contribution in [0.4, 0.5) is 5.69 Å². The fourth-order valence-electron chi connectivity index (χ4n) is 2.57. The molecule has 1 N–H and O–H groups in total. The molecule has 0 saturated carbocycles. The predicted octanol–water partition coefficient (Wildman–Crippen LogP) is 2.99. The molecule has 2 heterocycles. The maximum absolute atomic E-state index is 4.27. The molecule has 106 valence electrons. The van der Waals surface area contributed by atoms with E-state index in [0.717, 1.165) is 18.2 Å². The van der Waals surface area contributed by atoms with Gasteiger partial charge in [-0.1, -0.05) is 0 Å². The van der Waals surface area contributed by atoms with E-state index >= 15 is 0 Å². The summed E-state index contributed by atoms with van der Waals surface area (Å²) in [6.07, 6.45) is 4.48. The van der Waals surface area contributed by atoms with Gasteiger partial charge in [0.05, 0.1) is 0 Å². The van der Waals surface area contributed by atoms with E-state index in [1.54, 1.807) is 0 Å². The average Bonchev–Trinajstić information content (AvgIpc) is 2.36. The van der Waals surface area contributed by atoms with E-state index in [9.17, 15) is 0 Å². The van der Waals surface area contributed by atoms with Crippen molar-refractivity contribution in [3.05, 3.63) is 24.0 Å². The van der Waals surface area contributed by atoms with Crippen molar-refractivity contribution in [1.82, 2.24) is 10.3 Å². The Bertz CT molecular complexity index is 401. The maximum atomic E-state index is 4.27. The normalized spacial score (nSPS) is 17.8. The van der Waals surface area contributed by atoms with Crippen molar-refractivity contribution in [2.24, 2.45) is 5.92 Å². The molecule has 0 aromatic carbocycles. The second kappa shape index (κ2) is 5.91. The Labute approximate surface area is 117 Å². The van der Waals surface area contributed by atoms with Gasteiger partial charge in [-0.05, 0) is 65.1 Å². The van der Waals surface area contributed by atoms with Gasteiger partial charge in [-0.3, -0.25) is 4.98 Å². The summed E-state index contributed by atoms with van der Waals surface area (Å²) >= 11 is 0. The Hall–Kier alpha value is -1.09. The highest BCUT2D eigenvalue weighted by molar-refractivity contribution is 5.46. The quantitative estimate of drug-likeness (QED) is 0.906. The Morgan fingerprint density at radius 2 is 2.00 bits per heavy atom. The molecule has 0 aliphatic carbocycles. The monoisotopic (exact) mass is 261 g/mol. The molecule has 1 fully saturated rings. The number of rotatable bonds is 3. The van der Waals surface area contributed by atoms with Gasteiger partial charge in [0.25, 0.3) is 0 Å². The summed E-state index contributed by atoms with van der Waals surface area (Å²) in [5.41, 5.74) is 2.67. The van der Waals surface area contributed by atoms with Gasteiger partial charge in [0, 0.05) is 36.2 Å². The van der Waals surface area contributed by atoms with Crippen LogP contribution in [-0.2, 0) is 0 Å². The first-order chi connectivity index (χ1) is 8.94. The van der Waals surface area contributed by atoms with Crippen LogP contribution in [0.1, 0.15) is 39.3 Å². The van der Waals surface area contributed by atoms with Gasteiger partial charge in [-0.25, -0.2) is 0 Å². The summed E-state index contributed by atoms with van der Waals surface area (Å²) in [7, 11) is 0. The molecule has 3 heteroatoms. The van der Waals surface area contributed by atoms with Crippen molar-refractivity contribution in [2.45, 2.75) is 46.1 Å². The van der Waals surface area contributed by atoms with Crippen molar-refractivity contribution in [3.8, 4) is 0 Å². The minimum absolute atomic E-state index is 0.235. The molecular weight excluding hydrogens is 234 g/mol. The largest absolute Gasteiger partial charge is 0.371 e. The summed E-state index contributed by atoms with van der Waals surface area (Å²) in [5, 5.41) is 3.63. The lowest BCUT2D eigenvalue weighted by Crippen LogP contribution is -2.43. The zero-order valence-electron chi connectivity index (χ0n) is 12.7. The van der Waals surface area contributed by atoms with Gasteiger partial charge < -0.3 is 10.2 Å². The number of hydrogen-bond acceptors (Lipinski definition) is 3. The molecule has 1 saturated heterocycles. The standard InChI is InChI=1S/C16H27N3/c1-13-11-15(5-8-17-13)19-9-6-14(7-10-19)12-18-16(2,3)4/h5,8,11,14,18H,6-7,9-10,12H2,1-4H3. The van der Waals surface area contributed by atoms with Crippen LogP contribution in [0.2, 0.25) is 0 Å². The van der Waals surface area contributed by atoms with Crippen molar-refractivity contribution in [3.63, 3.8) is 0 Å². The SMILES string of the molecule is Cc1cc(N2CCC(CNC(C)(C)C)CC2)ccn1. The second-order valence-corrected chi connectivity index (χ2v) is 6.72. The first kappa shape index (κ1) is 14.3. The van der Waals surface area contributed by atoms with Crippen LogP contribution in [0.3, 0.4) is 0 Å². The summed E-state index contributed by atoms with van der Waals surface area (Å²) in [4.78, 5) is 6.76. The zero-order chi connectivity index (χ0) is 13.9. The van der Waals surface area contributed by atoms with E-state index in [1.807, 2.05) is 6.20 Å². The predicted molar refractivity (Wildman–Crippen MR) is 81.7 cm³/mol. The van der Waals surface area contributed by atoms with Gasteiger partial charge in [0.1, 0.15) is 0 Å². The van der Waals surface area contributed by atoms with Crippen LogP contribution in [0.25, 0.3) is 0 Å². The van der Waals surface area contributed by atoms with E-state index in [2.05, 4.69) is 55.0 Å². The van der Waals surface area contributed by atoms with Gasteiger partial charge in [-0.2, -0.15) is 0 Å². The van der Waals surface area contributed by atoms with Crippen molar-refractivity contribution >= 4 is 5.69 Å². The van der Waals surface area contributed by atoms with Crippen LogP contribution in [0, 0.1) is 12.8 Å². The van der Waals surface area contributed by atoms with Crippen LogP contribution in [0.5, 0.6) is 0 Å². The third-order valence-electron chi connectivity index (χ3n) is 3.78. The highest BCUT2D eigenvalue weighted by Crippen LogP contribution is 2.23. The number of nitrogens with one attached hydrogen (secondary N) is 1. The summed E-state index contributed by atoms with van der Waals surface area (Å²) in [5.74, 6) is 0.818. The molecule has 1 aliphatic heterocycles. The smallest absolute Gasteiger partial charge is 0.0399 e. The van der Waals surface area contributed by atoms with Gasteiger partial charge >= 0.3 is 0 Å². The first-order valence-corrected chi connectivity index (χ1v) is 7.37. The highest BCUT2D eigenvalue weighted by atomic mass is 15.1. The Kier molecular flexibility index (Phi) is 4.46. The molecule has 19 heavy (non-hydrogen) atoms. The van der Waals surface area contributed by atoms with E-state index in [1.165, 1.54) is 31.6 Å². The third kappa shape index (κ3) is 4.50. The van der Waals surface area contributed by atoms with E-state index < -0.39 is 0 Å². The van der Waals surface area contributed by atoms with Crippen molar-refractivity contribution in [2.75, 3.05) is 24.5 Å². The van der Waals surface area contributed by atoms with Crippen molar-refractivity contribution < 1.29 is 0 Å². The topological polar surface area (TPSA) is 28.2 Å². The number of pyridine rings is 1. The first-order valence-electron chi connectivity index (χ1n) is 7.37.